The summed E-state index contributed by atoms with van der Waals surface area (Å²) >= 11 is 0. The van der Waals surface area contributed by atoms with Crippen molar-refractivity contribution in [1.29, 1.82) is 0 Å². The quantitative estimate of drug-likeness (QED) is 0.600. The zero-order valence-corrected chi connectivity index (χ0v) is 15.7. The molecular formula is C22H23N3O3. The highest BCUT2D eigenvalue weighted by molar-refractivity contribution is 5.77. The summed E-state index contributed by atoms with van der Waals surface area (Å²) in [6.07, 6.45) is 2.37. The molecule has 3 aromatic rings. The number of nitrogens with zero attached hydrogens (tertiary/aromatic N) is 3. The van der Waals surface area contributed by atoms with Gasteiger partial charge in [-0.1, -0.05) is 53.7 Å². The summed E-state index contributed by atoms with van der Waals surface area (Å²) in [5.41, 5.74) is 1.27. The highest BCUT2D eigenvalue weighted by atomic mass is 16.5. The maximum absolute atomic E-state index is 12.3. The van der Waals surface area contributed by atoms with Gasteiger partial charge in [0.15, 0.2) is 12.4 Å². The van der Waals surface area contributed by atoms with Crippen LogP contribution in [-0.4, -0.2) is 34.0 Å². The van der Waals surface area contributed by atoms with Gasteiger partial charge in [-0.15, -0.1) is 0 Å². The number of aromatic nitrogens is 2. The first-order valence-electron chi connectivity index (χ1n) is 9.60. The SMILES string of the molecule is O=C(CCCc1ccccc1)N1CC(c2noc(COc3ccccc3)n2)C1. The second-order valence-electron chi connectivity index (χ2n) is 6.98. The summed E-state index contributed by atoms with van der Waals surface area (Å²) in [5.74, 6) is 2.21. The summed E-state index contributed by atoms with van der Waals surface area (Å²) in [4.78, 5) is 18.6. The van der Waals surface area contributed by atoms with Crippen LogP contribution in [0.1, 0.15) is 36.0 Å². The van der Waals surface area contributed by atoms with Crippen molar-refractivity contribution in [1.82, 2.24) is 15.0 Å². The van der Waals surface area contributed by atoms with E-state index < -0.39 is 0 Å². The third-order valence-electron chi connectivity index (χ3n) is 4.89. The lowest BCUT2D eigenvalue weighted by molar-refractivity contribution is -0.135. The summed E-state index contributed by atoms with van der Waals surface area (Å²) in [5, 5.41) is 4.04. The summed E-state index contributed by atoms with van der Waals surface area (Å²) in [6, 6.07) is 19.8. The highest BCUT2D eigenvalue weighted by Crippen LogP contribution is 2.26. The van der Waals surface area contributed by atoms with Crippen molar-refractivity contribution in [3.8, 4) is 5.75 Å². The lowest BCUT2D eigenvalue weighted by Gasteiger charge is -2.37. The third-order valence-corrected chi connectivity index (χ3v) is 4.89. The van der Waals surface area contributed by atoms with Gasteiger partial charge in [0.05, 0.1) is 5.92 Å². The number of amides is 1. The number of carbonyl (C=O) groups is 1. The van der Waals surface area contributed by atoms with Crippen LogP contribution in [0, 0.1) is 0 Å². The average molecular weight is 377 g/mol. The van der Waals surface area contributed by atoms with Gasteiger partial charge in [0.1, 0.15) is 5.75 Å². The van der Waals surface area contributed by atoms with Crippen LogP contribution in [0.5, 0.6) is 5.75 Å². The minimum absolute atomic E-state index is 0.146. The zero-order valence-electron chi connectivity index (χ0n) is 15.7. The van der Waals surface area contributed by atoms with Crippen molar-refractivity contribution in [3.63, 3.8) is 0 Å². The smallest absolute Gasteiger partial charge is 0.264 e. The van der Waals surface area contributed by atoms with Crippen molar-refractivity contribution in [2.45, 2.75) is 31.8 Å². The first kappa shape index (κ1) is 18.2. The maximum Gasteiger partial charge on any atom is 0.264 e. The summed E-state index contributed by atoms with van der Waals surface area (Å²) in [6.45, 7) is 1.55. The molecule has 1 amide bonds. The molecule has 0 spiro atoms. The Kier molecular flexibility index (Phi) is 5.66. The van der Waals surface area contributed by atoms with E-state index in [2.05, 4.69) is 22.3 Å². The van der Waals surface area contributed by atoms with E-state index >= 15 is 0 Å². The van der Waals surface area contributed by atoms with E-state index in [1.807, 2.05) is 53.4 Å². The van der Waals surface area contributed by atoms with Crippen LogP contribution in [-0.2, 0) is 17.8 Å². The van der Waals surface area contributed by atoms with Gasteiger partial charge in [-0.3, -0.25) is 4.79 Å². The fourth-order valence-corrected chi connectivity index (χ4v) is 3.25. The first-order valence-corrected chi connectivity index (χ1v) is 9.60. The standard InChI is InChI=1S/C22H23N3O3/c26-21(13-7-10-17-8-3-1-4-9-17)25-14-18(15-25)22-23-20(28-24-22)16-27-19-11-5-2-6-12-19/h1-6,8-9,11-12,18H,7,10,13-16H2. The molecule has 0 saturated carbocycles. The van der Waals surface area contributed by atoms with Gasteiger partial charge < -0.3 is 14.2 Å². The number of benzene rings is 2. The van der Waals surface area contributed by atoms with E-state index in [1.54, 1.807) is 0 Å². The number of carbonyl (C=O) groups excluding carboxylic acids is 1. The van der Waals surface area contributed by atoms with E-state index in [1.165, 1.54) is 5.56 Å². The molecule has 0 atom stereocenters. The molecule has 1 aliphatic rings. The average Bonchev–Trinajstić information content (AvgIpc) is 3.15. The minimum atomic E-state index is 0.146. The van der Waals surface area contributed by atoms with Crippen molar-refractivity contribution in [2.75, 3.05) is 13.1 Å². The van der Waals surface area contributed by atoms with Crippen LogP contribution in [0.4, 0.5) is 0 Å². The van der Waals surface area contributed by atoms with Crippen LogP contribution in [0.3, 0.4) is 0 Å². The second-order valence-corrected chi connectivity index (χ2v) is 6.98. The fourth-order valence-electron chi connectivity index (χ4n) is 3.25. The Bertz CT molecular complexity index is 890. The molecule has 144 valence electrons. The van der Waals surface area contributed by atoms with Gasteiger partial charge in [-0.25, -0.2) is 0 Å². The molecule has 2 aromatic carbocycles. The first-order chi connectivity index (χ1) is 13.8. The van der Waals surface area contributed by atoms with Crippen molar-refractivity contribution >= 4 is 5.91 Å². The minimum Gasteiger partial charge on any atom is -0.484 e. The molecule has 0 N–H and O–H groups in total. The Balaban J connectivity index is 1.18. The molecule has 6 nitrogen and oxygen atoms in total. The van der Waals surface area contributed by atoms with Crippen molar-refractivity contribution in [2.24, 2.45) is 0 Å². The maximum atomic E-state index is 12.3. The zero-order chi connectivity index (χ0) is 19.2. The number of rotatable bonds is 8. The van der Waals surface area contributed by atoms with Gasteiger partial charge in [-0.05, 0) is 30.5 Å². The number of aryl methyl sites for hydroxylation is 1. The largest absolute Gasteiger partial charge is 0.484 e. The van der Waals surface area contributed by atoms with Crippen LogP contribution in [0.2, 0.25) is 0 Å². The van der Waals surface area contributed by atoms with Gasteiger partial charge in [0.25, 0.3) is 5.89 Å². The highest BCUT2D eigenvalue weighted by Gasteiger charge is 2.34. The van der Waals surface area contributed by atoms with E-state index in [0.29, 0.717) is 31.2 Å². The molecule has 1 aliphatic heterocycles. The van der Waals surface area contributed by atoms with Gasteiger partial charge >= 0.3 is 0 Å². The predicted molar refractivity (Wildman–Crippen MR) is 104 cm³/mol. The Labute approximate surface area is 164 Å². The van der Waals surface area contributed by atoms with Crippen LogP contribution in [0.25, 0.3) is 0 Å². The normalized spacial score (nSPS) is 13.9. The topological polar surface area (TPSA) is 68.5 Å². The van der Waals surface area contributed by atoms with E-state index in [9.17, 15) is 4.79 Å². The molecule has 0 bridgehead atoms. The number of ether oxygens (including phenoxy) is 1. The van der Waals surface area contributed by atoms with E-state index in [-0.39, 0.29) is 18.4 Å². The van der Waals surface area contributed by atoms with Crippen LogP contribution in [0.15, 0.2) is 65.2 Å². The van der Waals surface area contributed by atoms with Gasteiger partial charge in [-0.2, -0.15) is 4.98 Å². The number of para-hydroxylation sites is 1. The summed E-state index contributed by atoms with van der Waals surface area (Å²) in [7, 11) is 0. The molecule has 0 aliphatic carbocycles. The lowest BCUT2D eigenvalue weighted by Crippen LogP contribution is -2.48. The van der Waals surface area contributed by atoms with Crippen LogP contribution < -0.4 is 4.74 Å². The van der Waals surface area contributed by atoms with E-state index in [0.717, 1.165) is 18.6 Å². The molecular weight excluding hydrogens is 354 g/mol. The number of hydrogen-bond donors (Lipinski definition) is 0. The molecule has 2 heterocycles. The van der Waals surface area contributed by atoms with Crippen molar-refractivity contribution < 1.29 is 14.1 Å². The van der Waals surface area contributed by atoms with Crippen molar-refractivity contribution in [3.05, 3.63) is 77.9 Å². The number of likely N-dealkylation sites (tertiary alicyclic amines) is 1. The van der Waals surface area contributed by atoms with Gasteiger partial charge in [0.2, 0.25) is 5.91 Å². The molecule has 1 saturated heterocycles. The summed E-state index contributed by atoms with van der Waals surface area (Å²) < 4.78 is 10.9. The molecule has 28 heavy (non-hydrogen) atoms. The molecule has 4 rings (SSSR count). The third kappa shape index (κ3) is 4.57. The molecule has 0 unspecified atom stereocenters. The van der Waals surface area contributed by atoms with Gasteiger partial charge in [0, 0.05) is 19.5 Å². The molecule has 6 heteroatoms. The Hall–Kier alpha value is -3.15. The predicted octanol–water partition coefficient (Wildman–Crippen LogP) is 3.60. The molecule has 1 fully saturated rings. The Morgan fingerprint density at radius 3 is 2.54 bits per heavy atom. The number of hydrogen-bond acceptors (Lipinski definition) is 5. The fraction of sp³-hybridized carbons (Fsp3) is 0.318. The van der Waals surface area contributed by atoms with Crippen LogP contribution >= 0.6 is 0 Å². The molecule has 0 radical (unpaired) electrons. The Morgan fingerprint density at radius 2 is 1.79 bits per heavy atom. The monoisotopic (exact) mass is 377 g/mol. The Morgan fingerprint density at radius 1 is 1.07 bits per heavy atom. The van der Waals surface area contributed by atoms with E-state index in [4.69, 9.17) is 9.26 Å². The molecule has 1 aromatic heterocycles. The second kappa shape index (κ2) is 8.69. The lowest BCUT2D eigenvalue weighted by atomic mass is 9.98.